The van der Waals surface area contributed by atoms with Crippen molar-refractivity contribution in [2.75, 3.05) is 46.8 Å². The molecule has 0 N–H and O–H groups in total. The molecule has 2 saturated carbocycles. The highest BCUT2D eigenvalue weighted by Gasteiger charge is 2.37. The molecule has 2 atom stereocenters. The lowest BCUT2D eigenvalue weighted by molar-refractivity contribution is 0.00574. The first-order chi connectivity index (χ1) is 28.1. The van der Waals surface area contributed by atoms with Crippen molar-refractivity contribution < 1.29 is 0 Å². The van der Waals surface area contributed by atoms with Crippen LogP contribution < -0.4 is 0 Å². The summed E-state index contributed by atoms with van der Waals surface area (Å²) in [5.74, 6) is 1.80. The smallest absolute Gasteiger partial charge is 0.0254 e. The first kappa shape index (κ1) is 53.0. The van der Waals surface area contributed by atoms with E-state index in [0.29, 0.717) is 0 Å². The minimum absolute atomic E-state index is 0.745. The predicted molar refractivity (Wildman–Crippen MR) is 258 cm³/mol. The van der Waals surface area contributed by atoms with Gasteiger partial charge in [-0.3, -0.25) is 4.90 Å². The zero-order chi connectivity index (χ0) is 40.9. The summed E-state index contributed by atoms with van der Waals surface area (Å²) in [5.41, 5.74) is 0. The van der Waals surface area contributed by atoms with E-state index in [1.165, 1.54) is 290 Å². The van der Waals surface area contributed by atoms with Gasteiger partial charge in [-0.1, -0.05) is 233 Å². The van der Waals surface area contributed by atoms with Gasteiger partial charge >= 0.3 is 0 Å². The van der Waals surface area contributed by atoms with Crippen LogP contribution in [0.3, 0.4) is 0 Å². The van der Waals surface area contributed by atoms with Gasteiger partial charge in [0.25, 0.3) is 0 Å². The van der Waals surface area contributed by atoms with Gasteiger partial charge in [-0.15, -0.1) is 0 Å². The molecule has 0 aromatic rings. The number of nitrogens with zero attached hydrogens (tertiary/aromatic N) is 3. The molecule has 3 nitrogen and oxygen atoms in total. The average Bonchev–Trinajstić information content (AvgIpc) is 3.23. The Balaban J connectivity index is 2.07. The highest BCUT2D eigenvalue weighted by atomic mass is 15.3. The van der Waals surface area contributed by atoms with E-state index in [2.05, 4.69) is 49.6 Å². The van der Waals surface area contributed by atoms with Crippen LogP contribution >= 0.6 is 0 Å². The molecule has 2 aliphatic rings. The van der Waals surface area contributed by atoms with E-state index in [4.69, 9.17) is 0 Å². The lowest BCUT2D eigenvalue weighted by atomic mass is 9.79. The standard InChI is InChI=1S/C54H109N3/c1-6-9-12-15-18-21-24-27-30-39-46-55(4)49-53(51-42-35-33-36-43-51)57(48-41-32-29-26-23-20-17-14-11-8-3)54(52-44-37-34-38-45-52)50-56(5)47-40-31-28-25-22-19-16-13-10-7-2/h51-54H,6-50H2,1-5H3. The average molecular weight is 800 g/mol. The van der Waals surface area contributed by atoms with Crippen LogP contribution in [0.4, 0.5) is 0 Å². The zero-order valence-electron chi connectivity index (χ0n) is 40.5. The lowest BCUT2D eigenvalue weighted by Gasteiger charge is -2.48. The molecule has 0 aromatic heterocycles. The van der Waals surface area contributed by atoms with Crippen molar-refractivity contribution in [3.8, 4) is 0 Å². The number of unbranched alkanes of at least 4 members (excludes halogenated alkanes) is 27. The second-order valence-corrected chi connectivity index (χ2v) is 20.2. The molecule has 340 valence electrons. The summed E-state index contributed by atoms with van der Waals surface area (Å²) in [5, 5.41) is 0. The Morgan fingerprint density at radius 1 is 0.316 bits per heavy atom. The van der Waals surface area contributed by atoms with Crippen LogP contribution in [0, 0.1) is 11.8 Å². The molecular weight excluding hydrogens is 691 g/mol. The molecule has 2 unspecified atom stereocenters. The predicted octanol–water partition coefficient (Wildman–Crippen LogP) is 16.8. The summed E-state index contributed by atoms with van der Waals surface area (Å²) in [6.07, 6.45) is 58.0. The van der Waals surface area contributed by atoms with Crippen molar-refractivity contribution in [3.05, 3.63) is 0 Å². The molecule has 2 rings (SSSR count). The van der Waals surface area contributed by atoms with Crippen LogP contribution in [0.5, 0.6) is 0 Å². The number of hydrogen-bond donors (Lipinski definition) is 0. The normalized spacial score (nSPS) is 17.1. The summed E-state index contributed by atoms with van der Waals surface area (Å²) in [4.78, 5) is 8.91. The molecule has 2 fully saturated rings. The van der Waals surface area contributed by atoms with Gasteiger partial charge in [-0.05, 0) is 90.5 Å². The van der Waals surface area contributed by atoms with E-state index >= 15 is 0 Å². The largest absolute Gasteiger partial charge is 0.305 e. The van der Waals surface area contributed by atoms with Crippen LogP contribution in [0.15, 0.2) is 0 Å². The maximum absolute atomic E-state index is 3.26. The molecule has 0 spiro atoms. The number of hydrogen-bond acceptors (Lipinski definition) is 3. The van der Waals surface area contributed by atoms with Crippen LogP contribution in [0.1, 0.15) is 278 Å². The second kappa shape index (κ2) is 38.8. The molecule has 3 heteroatoms. The maximum atomic E-state index is 3.26. The van der Waals surface area contributed by atoms with E-state index in [-0.39, 0.29) is 0 Å². The zero-order valence-corrected chi connectivity index (χ0v) is 40.5. The number of rotatable bonds is 41. The van der Waals surface area contributed by atoms with E-state index in [9.17, 15) is 0 Å². The highest BCUT2D eigenvalue weighted by Crippen LogP contribution is 2.36. The van der Waals surface area contributed by atoms with Crippen LogP contribution in [0.25, 0.3) is 0 Å². The molecule has 0 bridgehead atoms. The Bertz CT molecular complexity index is 749. The van der Waals surface area contributed by atoms with Crippen molar-refractivity contribution in [2.24, 2.45) is 11.8 Å². The van der Waals surface area contributed by atoms with Crippen LogP contribution in [-0.4, -0.2) is 73.6 Å². The third-order valence-electron chi connectivity index (χ3n) is 14.8. The van der Waals surface area contributed by atoms with E-state index in [0.717, 1.165) is 23.9 Å². The summed E-state index contributed by atoms with van der Waals surface area (Å²) < 4.78 is 0. The minimum Gasteiger partial charge on any atom is -0.305 e. The fourth-order valence-electron chi connectivity index (χ4n) is 11.0. The molecule has 57 heavy (non-hydrogen) atoms. The fraction of sp³-hybridized carbons (Fsp3) is 1.00. The second-order valence-electron chi connectivity index (χ2n) is 20.2. The van der Waals surface area contributed by atoms with Crippen molar-refractivity contribution in [2.45, 2.75) is 290 Å². The molecule has 0 heterocycles. The van der Waals surface area contributed by atoms with Gasteiger partial charge in [-0.25, -0.2) is 0 Å². The summed E-state index contributed by atoms with van der Waals surface area (Å²) in [6, 6.07) is 1.49. The van der Waals surface area contributed by atoms with Gasteiger partial charge in [0, 0.05) is 25.2 Å². The van der Waals surface area contributed by atoms with Crippen molar-refractivity contribution >= 4 is 0 Å². The Labute approximate surface area is 361 Å². The maximum Gasteiger partial charge on any atom is 0.0254 e. The quantitative estimate of drug-likeness (QED) is 0.0570. The Hall–Kier alpha value is -0.120. The number of likely N-dealkylation sites (N-methyl/N-ethyl adjacent to an activating group) is 2. The van der Waals surface area contributed by atoms with E-state index < -0.39 is 0 Å². The molecule has 0 aromatic carbocycles. The van der Waals surface area contributed by atoms with Gasteiger partial charge in [0.2, 0.25) is 0 Å². The third kappa shape index (κ3) is 28.2. The molecule has 2 aliphatic carbocycles. The first-order valence-corrected chi connectivity index (χ1v) is 27.2. The van der Waals surface area contributed by atoms with E-state index in [1.807, 2.05) is 0 Å². The fourth-order valence-corrected chi connectivity index (χ4v) is 11.0. The summed E-state index contributed by atoms with van der Waals surface area (Å²) in [7, 11) is 5.02. The van der Waals surface area contributed by atoms with Gasteiger partial charge in [-0.2, -0.15) is 0 Å². The highest BCUT2D eigenvalue weighted by molar-refractivity contribution is 4.92. The topological polar surface area (TPSA) is 9.72 Å². The van der Waals surface area contributed by atoms with Crippen LogP contribution in [-0.2, 0) is 0 Å². The van der Waals surface area contributed by atoms with Crippen LogP contribution in [0.2, 0.25) is 0 Å². The molecule has 0 saturated heterocycles. The summed E-state index contributed by atoms with van der Waals surface area (Å²) >= 11 is 0. The monoisotopic (exact) mass is 800 g/mol. The Kier molecular flexibility index (Phi) is 36.1. The van der Waals surface area contributed by atoms with Crippen molar-refractivity contribution in [1.29, 1.82) is 0 Å². The van der Waals surface area contributed by atoms with E-state index in [1.54, 1.807) is 0 Å². The molecule has 0 amide bonds. The molecule has 0 radical (unpaired) electrons. The third-order valence-corrected chi connectivity index (χ3v) is 14.8. The van der Waals surface area contributed by atoms with Crippen molar-refractivity contribution in [1.82, 2.24) is 14.7 Å². The SMILES string of the molecule is CCCCCCCCCCCCN(C)CC(C1CCCCC1)N(CCCCCCCCCCCC)C(CN(C)CCCCCCCCCCCC)C1CCCCC1. The first-order valence-electron chi connectivity index (χ1n) is 27.2. The van der Waals surface area contributed by atoms with Gasteiger partial charge in [0.05, 0.1) is 0 Å². The van der Waals surface area contributed by atoms with Gasteiger partial charge < -0.3 is 9.80 Å². The van der Waals surface area contributed by atoms with Crippen molar-refractivity contribution in [3.63, 3.8) is 0 Å². The van der Waals surface area contributed by atoms with Gasteiger partial charge in [0.15, 0.2) is 0 Å². The lowest BCUT2D eigenvalue weighted by Crippen LogP contribution is -2.57. The molecule has 0 aliphatic heterocycles. The van der Waals surface area contributed by atoms with Gasteiger partial charge in [0.1, 0.15) is 0 Å². The molecular formula is C54H109N3. The summed E-state index contributed by atoms with van der Waals surface area (Å²) in [6.45, 7) is 13.6. The minimum atomic E-state index is 0.745. The Morgan fingerprint density at radius 2 is 0.561 bits per heavy atom. The Morgan fingerprint density at radius 3 is 0.842 bits per heavy atom.